The summed E-state index contributed by atoms with van der Waals surface area (Å²) in [6.07, 6.45) is 5.09. The van der Waals surface area contributed by atoms with Crippen molar-refractivity contribution in [3.05, 3.63) is 28.7 Å². The van der Waals surface area contributed by atoms with Crippen LogP contribution < -0.4 is 21.9 Å². The van der Waals surface area contributed by atoms with Crippen molar-refractivity contribution in [2.45, 2.75) is 44.2 Å². The number of hydrogen-bond donors (Lipinski definition) is 3. The van der Waals surface area contributed by atoms with E-state index in [9.17, 15) is 19.6 Å². The first-order valence-electron chi connectivity index (χ1n) is 8.94. The van der Waals surface area contributed by atoms with Crippen molar-refractivity contribution in [2.24, 2.45) is 11.8 Å². The summed E-state index contributed by atoms with van der Waals surface area (Å²) in [4.78, 5) is 36.9. The number of anilines is 1. The molecule has 8 nitrogen and oxygen atoms in total. The molecule has 0 aromatic carbocycles. The molecule has 1 aliphatic carbocycles. The average Bonchev–Trinajstić information content (AvgIpc) is 3.36. The highest BCUT2D eigenvalue weighted by molar-refractivity contribution is 5.82. The van der Waals surface area contributed by atoms with Crippen molar-refractivity contribution in [1.29, 1.82) is 5.26 Å². The van der Waals surface area contributed by atoms with Gasteiger partial charge in [-0.3, -0.25) is 14.4 Å². The highest BCUT2D eigenvalue weighted by Crippen LogP contribution is 2.36. The van der Waals surface area contributed by atoms with Gasteiger partial charge in [0, 0.05) is 18.7 Å². The van der Waals surface area contributed by atoms with E-state index in [0.29, 0.717) is 25.3 Å². The Morgan fingerprint density at radius 1 is 1.38 bits per heavy atom. The molecule has 2 fully saturated rings. The summed E-state index contributed by atoms with van der Waals surface area (Å²) in [7, 11) is 0. The molecule has 1 saturated heterocycles. The third kappa shape index (κ3) is 4.04. The number of nitriles is 1. The van der Waals surface area contributed by atoms with Crippen molar-refractivity contribution in [3.8, 4) is 6.07 Å². The van der Waals surface area contributed by atoms with Gasteiger partial charge < -0.3 is 20.9 Å². The van der Waals surface area contributed by atoms with Crippen LogP contribution >= 0.6 is 0 Å². The molecule has 1 unspecified atom stereocenters. The molecule has 2 heterocycles. The number of amides is 2. The van der Waals surface area contributed by atoms with Gasteiger partial charge in [-0.15, -0.1) is 0 Å². The highest BCUT2D eigenvalue weighted by atomic mass is 16.2. The smallest absolute Gasteiger partial charge is 0.274 e. The van der Waals surface area contributed by atoms with Crippen molar-refractivity contribution in [2.75, 3.05) is 12.3 Å². The van der Waals surface area contributed by atoms with E-state index in [2.05, 4.69) is 16.7 Å². The third-order valence-corrected chi connectivity index (χ3v) is 5.05. The van der Waals surface area contributed by atoms with Crippen LogP contribution in [0.4, 0.5) is 5.69 Å². The Morgan fingerprint density at radius 2 is 2.15 bits per heavy atom. The van der Waals surface area contributed by atoms with Crippen molar-refractivity contribution in [1.82, 2.24) is 15.2 Å². The first-order valence-corrected chi connectivity index (χ1v) is 8.94. The maximum Gasteiger partial charge on any atom is 0.274 e. The molecule has 1 saturated carbocycles. The first kappa shape index (κ1) is 18.0. The number of carbonyl (C=O) groups excluding carboxylic acids is 2. The molecule has 2 aliphatic rings. The minimum absolute atomic E-state index is 0.0823. The van der Waals surface area contributed by atoms with Crippen LogP contribution in [-0.4, -0.2) is 29.0 Å². The van der Waals surface area contributed by atoms with Crippen LogP contribution in [0.3, 0.4) is 0 Å². The van der Waals surface area contributed by atoms with Crippen LogP contribution in [0, 0.1) is 23.2 Å². The topological polar surface area (TPSA) is 130 Å². The van der Waals surface area contributed by atoms with Gasteiger partial charge in [-0.25, -0.2) is 0 Å². The molecule has 138 valence electrons. The van der Waals surface area contributed by atoms with Gasteiger partial charge in [0.2, 0.25) is 11.8 Å². The second kappa shape index (κ2) is 7.60. The van der Waals surface area contributed by atoms with Gasteiger partial charge in [-0.2, -0.15) is 5.26 Å². The molecule has 8 heteroatoms. The molecular weight excluding hydrogens is 334 g/mol. The summed E-state index contributed by atoms with van der Waals surface area (Å²) in [5.74, 6) is -0.326. The second-order valence-electron chi connectivity index (χ2n) is 7.07. The van der Waals surface area contributed by atoms with E-state index >= 15 is 0 Å². The molecule has 3 rings (SSSR count). The molecule has 1 aliphatic heterocycles. The Balaban J connectivity index is 1.74. The van der Waals surface area contributed by atoms with Crippen LogP contribution in [0.25, 0.3) is 0 Å². The molecule has 0 bridgehead atoms. The lowest BCUT2D eigenvalue weighted by Crippen LogP contribution is -2.43. The van der Waals surface area contributed by atoms with E-state index in [1.54, 1.807) is 12.3 Å². The van der Waals surface area contributed by atoms with E-state index in [1.165, 1.54) is 10.6 Å². The summed E-state index contributed by atoms with van der Waals surface area (Å²) in [5, 5.41) is 14.8. The first-order chi connectivity index (χ1) is 12.5. The van der Waals surface area contributed by atoms with Crippen molar-refractivity contribution >= 4 is 17.5 Å². The number of nitrogens with zero attached hydrogens (tertiary/aromatic N) is 2. The number of pyridine rings is 1. The van der Waals surface area contributed by atoms with Crippen LogP contribution in [0.5, 0.6) is 0 Å². The second-order valence-corrected chi connectivity index (χ2v) is 7.07. The van der Waals surface area contributed by atoms with E-state index in [0.717, 1.165) is 12.8 Å². The summed E-state index contributed by atoms with van der Waals surface area (Å²) >= 11 is 0. The van der Waals surface area contributed by atoms with Crippen LogP contribution in [0.1, 0.15) is 38.1 Å². The molecule has 3 atom stereocenters. The third-order valence-electron chi connectivity index (χ3n) is 5.05. The summed E-state index contributed by atoms with van der Waals surface area (Å²) in [6, 6.07) is 3.72. The van der Waals surface area contributed by atoms with Gasteiger partial charge >= 0.3 is 0 Å². The largest absolute Gasteiger partial charge is 0.394 e. The predicted octanol–water partition coefficient (Wildman–Crippen LogP) is 0.306. The van der Waals surface area contributed by atoms with Crippen LogP contribution in [0.15, 0.2) is 23.1 Å². The van der Waals surface area contributed by atoms with Gasteiger partial charge in [0.25, 0.3) is 5.56 Å². The maximum absolute atomic E-state index is 12.8. The molecule has 2 amide bonds. The quantitative estimate of drug-likeness (QED) is 0.646. The summed E-state index contributed by atoms with van der Waals surface area (Å²) < 4.78 is 1.35. The van der Waals surface area contributed by atoms with Gasteiger partial charge in [0.15, 0.2) is 0 Å². The highest BCUT2D eigenvalue weighted by Gasteiger charge is 2.33. The Kier molecular flexibility index (Phi) is 5.26. The normalized spacial score (nSPS) is 21.5. The summed E-state index contributed by atoms with van der Waals surface area (Å²) in [6.45, 7) is 0.596. The average molecular weight is 357 g/mol. The molecule has 1 aromatic rings. The number of nitrogen functional groups attached to an aromatic ring is 1. The monoisotopic (exact) mass is 357 g/mol. The number of nitrogens with two attached hydrogens (primary N) is 1. The zero-order valence-corrected chi connectivity index (χ0v) is 14.5. The predicted molar refractivity (Wildman–Crippen MR) is 94.8 cm³/mol. The van der Waals surface area contributed by atoms with E-state index in [1.807, 2.05) is 0 Å². The molecule has 0 spiro atoms. The number of hydrogen-bond acceptors (Lipinski definition) is 5. The van der Waals surface area contributed by atoms with Gasteiger partial charge in [0.05, 0.1) is 11.8 Å². The number of nitrogens with one attached hydrogen (secondary N) is 2. The minimum atomic E-state index is -0.769. The fraction of sp³-hybridized carbons (Fsp3) is 0.556. The van der Waals surface area contributed by atoms with Gasteiger partial charge in [0.1, 0.15) is 12.1 Å². The standard InChI is InChI=1S/C18H23N5O3/c19-10-13(9-12-5-6-21-16(12)24)22-17(25)15(8-11-3-4-11)23-7-1-2-14(20)18(23)26/h1-2,7,11-13,15H,3-6,8-9,20H2,(H,21,24)(H,22,25)/t12-,13-,15?/m0/s1. The van der Waals surface area contributed by atoms with E-state index < -0.39 is 17.6 Å². The zero-order chi connectivity index (χ0) is 18.7. The lowest BCUT2D eigenvalue weighted by atomic mass is 9.98. The SMILES string of the molecule is N#C[C@H](C[C@@H]1CCNC1=O)NC(=O)C(CC1CC1)n1cccc(N)c1=O. The Labute approximate surface area is 151 Å². The molecule has 0 radical (unpaired) electrons. The Morgan fingerprint density at radius 3 is 2.77 bits per heavy atom. The fourth-order valence-corrected chi connectivity index (χ4v) is 3.36. The fourth-order valence-electron chi connectivity index (χ4n) is 3.36. The minimum Gasteiger partial charge on any atom is -0.394 e. The summed E-state index contributed by atoms with van der Waals surface area (Å²) in [5.41, 5.74) is 5.37. The molecule has 26 heavy (non-hydrogen) atoms. The number of aromatic nitrogens is 1. The number of carbonyl (C=O) groups is 2. The molecule has 4 N–H and O–H groups in total. The van der Waals surface area contributed by atoms with Crippen LogP contribution in [-0.2, 0) is 9.59 Å². The van der Waals surface area contributed by atoms with E-state index in [4.69, 9.17) is 5.73 Å². The molecular formula is C18H23N5O3. The Bertz CT molecular complexity index is 793. The van der Waals surface area contributed by atoms with Gasteiger partial charge in [-0.1, -0.05) is 12.8 Å². The maximum atomic E-state index is 12.8. The lowest BCUT2D eigenvalue weighted by Gasteiger charge is -2.22. The van der Waals surface area contributed by atoms with Crippen LogP contribution in [0.2, 0.25) is 0 Å². The van der Waals surface area contributed by atoms with Gasteiger partial charge in [-0.05, 0) is 37.3 Å². The Hall–Kier alpha value is -2.82. The number of rotatable bonds is 7. The lowest BCUT2D eigenvalue weighted by molar-refractivity contribution is -0.126. The molecule has 1 aromatic heterocycles. The van der Waals surface area contributed by atoms with E-state index in [-0.39, 0.29) is 29.8 Å². The van der Waals surface area contributed by atoms with Crippen molar-refractivity contribution < 1.29 is 9.59 Å². The van der Waals surface area contributed by atoms with Crippen molar-refractivity contribution in [3.63, 3.8) is 0 Å². The zero-order valence-electron chi connectivity index (χ0n) is 14.5.